The number of benzene rings is 1. The Balaban J connectivity index is 1.85. The van der Waals surface area contributed by atoms with Gasteiger partial charge < -0.3 is 29.5 Å². The third-order valence-corrected chi connectivity index (χ3v) is 6.54. The number of ether oxygens (including phenoxy) is 2. The van der Waals surface area contributed by atoms with E-state index in [-0.39, 0.29) is 43.2 Å². The molecule has 2 aromatic rings. The van der Waals surface area contributed by atoms with Crippen molar-refractivity contribution < 1.29 is 28.4 Å². The molecule has 2 heterocycles. The van der Waals surface area contributed by atoms with Crippen molar-refractivity contribution in [2.45, 2.75) is 77.5 Å². The van der Waals surface area contributed by atoms with Crippen LogP contribution in [0, 0.1) is 6.92 Å². The summed E-state index contributed by atoms with van der Waals surface area (Å²) >= 11 is 0. The van der Waals surface area contributed by atoms with Crippen molar-refractivity contribution >= 4 is 23.5 Å². The molecule has 1 aliphatic rings. The molecule has 3 rings (SSSR count). The number of rotatable bonds is 12. The van der Waals surface area contributed by atoms with Crippen molar-refractivity contribution in [1.82, 2.24) is 15.4 Å². The van der Waals surface area contributed by atoms with Gasteiger partial charge in [-0.1, -0.05) is 24.2 Å². The fourth-order valence-corrected chi connectivity index (χ4v) is 4.10. The van der Waals surface area contributed by atoms with Crippen LogP contribution in [0.1, 0.15) is 70.2 Å². The van der Waals surface area contributed by atoms with Gasteiger partial charge in [-0.25, -0.2) is 0 Å². The summed E-state index contributed by atoms with van der Waals surface area (Å²) in [7, 11) is 1.57. The minimum Gasteiger partial charge on any atom is -0.497 e. The molecule has 202 valence electrons. The Morgan fingerprint density at radius 3 is 2.51 bits per heavy atom. The second-order valence-electron chi connectivity index (χ2n) is 9.95. The minimum absolute atomic E-state index is 0.0653. The monoisotopic (exact) mass is 514 g/mol. The van der Waals surface area contributed by atoms with Gasteiger partial charge in [-0.2, -0.15) is 0 Å². The molecule has 37 heavy (non-hydrogen) atoms. The van der Waals surface area contributed by atoms with Gasteiger partial charge >= 0.3 is 0 Å². The molecular formula is C27H38N4O6. The van der Waals surface area contributed by atoms with Crippen molar-refractivity contribution in [1.29, 1.82) is 0 Å². The molecule has 3 amide bonds. The van der Waals surface area contributed by atoms with E-state index in [1.54, 1.807) is 49.3 Å². The number of nitrogens with zero attached hydrogens (tertiary/aromatic N) is 2. The summed E-state index contributed by atoms with van der Waals surface area (Å²) < 4.78 is 16.1. The second kappa shape index (κ2) is 12.7. The summed E-state index contributed by atoms with van der Waals surface area (Å²) in [5.41, 5.74) is 0.190. The molecule has 2 N–H and O–H groups in total. The molecule has 1 aliphatic heterocycles. The molecule has 0 aliphatic carbocycles. The Labute approximate surface area is 218 Å². The topological polar surface area (TPSA) is 123 Å². The first-order chi connectivity index (χ1) is 17.6. The lowest BCUT2D eigenvalue weighted by Gasteiger charge is -2.35. The van der Waals surface area contributed by atoms with Crippen LogP contribution in [0.15, 0.2) is 34.9 Å². The number of amides is 3. The predicted molar refractivity (Wildman–Crippen MR) is 138 cm³/mol. The highest BCUT2D eigenvalue weighted by atomic mass is 16.5. The SMILES string of the molecule is CCC(C)(C)NC(=O)[C@H](c1ccc(OC)cc1)N(C[C@@H]1CCCO1)C(=O)CCC(=O)Nc1cc(C)on1. The number of aryl methyl sites for hydroxylation is 1. The van der Waals surface area contributed by atoms with Crippen LogP contribution in [0.25, 0.3) is 0 Å². The van der Waals surface area contributed by atoms with Gasteiger partial charge in [0, 0.05) is 37.6 Å². The molecule has 1 aromatic carbocycles. The van der Waals surface area contributed by atoms with Gasteiger partial charge in [0.25, 0.3) is 0 Å². The zero-order chi connectivity index (χ0) is 27.0. The first-order valence-corrected chi connectivity index (χ1v) is 12.7. The molecule has 0 radical (unpaired) electrons. The Morgan fingerprint density at radius 1 is 1.22 bits per heavy atom. The average molecular weight is 515 g/mol. The quantitative estimate of drug-likeness (QED) is 0.442. The second-order valence-corrected chi connectivity index (χ2v) is 9.95. The van der Waals surface area contributed by atoms with Gasteiger partial charge in [-0.15, -0.1) is 0 Å². The van der Waals surface area contributed by atoms with Crippen LogP contribution < -0.4 is 15.4 Å². The fraction of sp³-hybridized carbons (Fsp3) is 0.556. The maximum Gasteiger partial charge on any atom is 0.247 e. The van der Waals surface area contributed by atoms with Crippen molar-refractivity contribution in [3.63, 3.8) is 0 Å². The molecule has 0 spiro atoms. The largest absolute Gasteiger partial charge is 0.497 e. The molecule has 0 bridgehead atoms. The number of anilines is 1. The van der Waals surface area contributed by atoms with Crippen LogP contribution in [0.2, 0.25) is 0 Å². The van der Waals surface area contributed by atoms with Gasteiger partial charge in [0.05, 0.1) is 13.2 Å². The van der Waals surface area contributed by atoms with E-state index in [0.29, 0.717) is 29.5 Å². The van der Waals surface area contributed by atoms with Gasteiger partial charge in [-0.3, -0.25) is 14.4 Å². The van der Waals surface area contributed by atoms with Crippen LogP contribution >= 0.6 is 0 Å². The summed E-state index contributed by atoms with van der Waals surface area (Å²) in [6.45, 7) is 8.47. The Hall–Kier alpha value is -3.40. The van der Waals surface area contributed by atoms with Crippen molar-refractivity contribution in [3.05, 3.63) is 41.7 Å². The number of nitrogens with one attached hydrogen (secondary N) is 2. The third-order valence-electron chi connectivity index (χ3n) is 6.54. The number of carbonyl (C=O) groups excluding carboxylic acids is 3. The summed E-state index contributed by atoms with van der Waals surface area (Å²) in [6, 6.07) is 7.82. The molecular weight excluding hydrogens is 476 g/mol. The summed E-state index contributed by atoms with van der Waals surface area (Å²) in [6.07, 6.45) is 2.09. The van der Waals surface area contributed by atoms with Crippen LogP contribution in [-0.2, 0) is 19.1 Å². The van der Waals surface area contributed by atoms with Gasteiger partial charge in [0.2, 0.25) is 17.7 Å². The van der Waals surface area contributed by atoms with E-state index in [4.69, 9.17) is 14.0 Å². The van der Waals surface area contributed by atoms with Gasteiger partial charge in [-0.05, 0) is 57.7 Å². The molecule has 10 nitrogen and oxygen atoms in total. The maximum absolute atomic E-state index is 13.7. The van der Waals surface area contributed by atoms with Crippen molar-refractivity contribution in [3.8, 4) is 5.75 Å². The van der Waals surface area contributed by atoms with E-state index < -0.39 is 11.6 Å². The molecule has 10 heteroatoms. The highest BCUT2D eigenvalue weighted by Gasteiger charge is 2.36. The summed E-state index contributed by atoms with van der Waals surface area (Å²) in [4.78, 5) is 41.4. The lowest BCUT2D eigenvalue weighted by atomic mass is 9.98. The number of hydrogen-bond donors (Lipinski definition) is 2. The highest BCUT2D eigenvalue weighted by molar-refractivity contribution is 5.94. The lowest BCUT2D eigenvalue weighted by molar-refractivity contribution is -0.143. The number of hydrogen-bond acceptors (Lipinski definition) is 7. The van der Waals surface area contributed by atoms with E-state index >= 15 is 0 Å². The Kier molecular flexibility index (Phi) is 9.68. The maximum atomic E-state index is 13.7. The Bertz CT molecular complexity index is 1060. The predicted octanol–water partition coefficient (Wildman–Crippen LogP) is 3.76. The minimum atomic E-state index is -0.894. The van der Waals surface area contributed by atoms with Crippen molar-refractivity contribution in [2.75, 3.05) is 25.6 Å². The smallest absolute Gasteiger partial charge is 0.247 e. The van der Waals surface area contributed by atoms with E-state index in [9.17, 15) is 14.4 Å². The third kappa shape index (κ3) is 8.04. The van der Waals surface area contributed by atoms with Crippen LogP contribution in [0.5, 0.6) is 5.75 Å². The zero-order valence-electron chi connectivity index (χ0n) is 22.3. The highest BCUT2D eigenvalue weighted by Crippen LogP contribution is 2.28. The summed E-state index contributed by atoms with van der Waals surface area (Å²) in [5, 5.41) is 9.47. The average Bonchev–Trinajstić information content (AvgIpc) is 3.53. The summed E-state index contributed by atoms with van der Waals surface area (Å²) in [5.74, 6) is 0.545. The molecule has 0 unspecified atom stereocenters. The van der Waals surface area contributed by atoms with Crippen LogP contribution in [-0.4, -0.2) is 59.7 Å². The zero-order valence-corrected chi connectivity index (χ0v) is 22.3. The van der Waals surface area contributed by atoms with Gasteiger partial charge in [0.15, 0.2) is 5.82 Å². The molecule has 1 fully saturated rings. The van der Waals surface area contributed by atoms with E-state index in [1.165, 1.54) is 0 Å². The lowest BCUT2D eigenvalue weighted by Crippen LogP contribution is -2.51. The molecule has 2 atom stereocenters. The number of carbonyl (C=O) groups is 3. The normalized spacial score (nSPS) is 16.2. The van der Waals surface area contributed by atoms with E-state index in [1.807, 2.05) is 20.8 Å². The van der Waals surface area contributed by atoms with E-state index in [0.717, 1.165) is 19.3 Å². The molecule has 0 saturated carbocycles. The Morgan fingerprint density at radius 2 is 1.95 bits per heavy atom. The van der Waals surface area contributed by atoms with Crippen LogP contribution in [0.3, 0.4) is 0 Å². The standard InChI is InChI=1S/C27H38N4O6/c1-6-27(3,4)29-26(34)25(19-9-11-20(35-5)12-10-19)31(17-21-8-7-15-36-21)24(33)14-13-23(32)28-22-16-18(2)37-30-22/h9-12,16,21,25H,6-8,13-15,17H2,1-5H3,(H,29,34)(H,28,30,32)/t21-,25-/m0/s1. The number of methoxy groups -OCH3 is 1. The van der Waals surface area contributed by atoms with Gasteiger partial charge in [0.1, 0.15) is 17.6 Å². The molecule has 1 saturated heterocycles. The first-order valence-electron chi connectivity index (χ1n) is 12.7. The van der Waals surface area contributed by atoms with Crippen LogP contribution in [0.4, 0.5) is 5.82 Å². The fourth-order valence-electron chi connectivity index (χ4n) is 4.10. The first kappa shape index (κ1) is 28.2. The molecule has 1 aromatic heterocycles. The van der Waals surface area contributed by atoms with Crippen molar-refractivity contribution in [2.24, 2.45) is 0 Å². The number of aromatic nitrogens is 1. The van der Waals surface area contributed by atoms with E-state index in [2.05, 4.69) is 15.8 Å².